The predicted molar refractivity (Wildman–Crippen MR) is 107 cm³/mol. The molecule has 0 saturated heterocycles. The van der Waals surface area contributed by atoms with E-state index in [-0.39, 0.29) is 5.41 Å². The lowest BCUT2D eigenvalue weighted by Crippen LogP contribution is -2.38. The summed E-state index contributed by atoms with van der Waals surface area (Å²) >= 11 is 5.44. The molecule has 0 aromatic carbocycles. The van der Waals surface area contributed by atoms with Crippen LogP contribution >= 0.6 is 11.6 Å². The van der Waals surface area contributed by atoms with Crippen molar-refractivity contribution in [2.45, 2.75) is 83.6 Å². The van der Waals surface area contributed by atoms with Crippen molar-refractivity contribution in [3.63, 3.8) is 0 Å². The van der Waals surface area contributed by atoms with E-state index >= 15 is 0 Å². The van der Waals surface area contributed by atoms with E-state index in [0.29, 0.717) is 0 Å². The van der Waals surface area contributed by atoms with Crippen molar-refractivity contribution in [1.29, 1.82) is 0 Å². The fourth-order valence-electron chi connectivity index (χ4n) is 3.91. The Hall–Kier alpha value is -1.35. The normalized spacial score (nSPS) is 19.6. The molecule has 1 fully saturated rings. The van der Waals surface area contributed by atoms with Crippen LogP contribution in [0.4, 0.5) is 0 Å². The Labute approximate surface area is 157 Å². The minimum Gasteiger partial charge on any atom is -0.314 e. The summed E-state index contributed by atoms with van der Waals surface area (Å²) in [6, 6.07) is 0. The maximum atomic E-state index is 5.44. The minimum absolute atomic E-state index is 0.142. The Bertz CT molecular complexity index is 610. The van der Waals surface area contributed by atoms with Gasteiger partial charge in [0.1, 0.15) is 11.6 Å². The third-order valence-corrected chi connectivity index (χ3v) is 5.19. The fourth-order valence-corrected chi connectivity index (χ4v) is 4.07. The highest BCUT2D eigenvalue weighted by atomic mass is 35.5. The van der Waals surface area contributed by atoms with Crippen LogP contribution in [0.2, 0.25) is 0 Å². The number of hydrogen-bond donors (Lipinski definition) is 0. The number of hydrogen-bond acceptors (Lipinski definition) is 2. The van der Waals surface area contributed by atoms with Crippen LogP contribution in [-0.2, 0) is 18.4 Å². The largest absolute Gasteiger partial charge is 0.314 e. The van der Waals surface area contributed by atoms with Gasteiger partial charge in [-0.2, -0.15) is 0 Å². The summed E-state index contributed by atoms with van der Waals surface area (Å²) in [6.07, 6.45) is 14.4. The van der Waals surface area contributed by atoms with Crippen LogP contribution in [0, 0.1) is 0 Å². The molecule has 1 aromatic rings. The number of rotatable bonds is 4. The van der Waals surface area contributed by atoms with Crippen LogP contribution in [0.15, 0.2) is 35.9 Å². The first-order chi connectivity index (χ1) is 12.0. The molecular formula is C21H32ClN3. The Morgan fingerprint density at radius 3 is 2.52 bits per heavy atom. The quantitative estimate of drug-likeness (QED) is 0.607. The van der Waals surface area contributed by atoms with E-state index in [0.717, 1.165) is 43.7 Å². The first kappa shape index (κ1) is 20.0. The molecule has 0 spiro atoms. The Kier molecular flexibility index (Phi) is 7.49. The van der Waals surface area contributed by atoms with Crippen LogP contribution in [0.3, 0.4) is 0 Å². The van der Waals surface area contributed by atoms with E-state index in [1.165, 1.54) is 42.9 Å². The van der Waals surface area contributed by atoms with Crippen molar-refractivity contribution >= 4 is 11.6 Å². The molecule has 1 aromatic heterocycles. The second-order valence-electron chi connectivity index (χ2n) is 7.33. The third-order valence-electron chi connectivity index (χ3n) is 5.03. The molecule has 3 rings (SSSR count). The lowest BCUT2D eigenvalue weighted by molar-refractivity contribution is 0.298. The lowest BCUT2D eigenvalue weighted by Gasteiger charge is -2.42. The van der Waals surface area contributed by atoms with Crippen LogP contribution in [0.1, 0.15) is 76.9 Å². The van der Waals surface area contributed by atoms with E-state index in [1.807, 2.05) is 19.1 Å². The molecular weight excluding hydrogens is 330 g/mol. The van der Waals surface area contributed by atoms with Gasteiger partial charge in [-0.25, -0.2) is 0 Å². The van der Waals surface area contributed by atoms with Crippen LogP contribution in [-0.4, -0.2) is 14.8 Å². The standard InChI is InChI=1S/C16H23N3.C5H9Cl/c1-3-9-16(11-13(2)12-16)15-18-17-14-8-6-4-5-7-10-19(14)15;1-3-4-5(2)6/h3H,1-2,4-12H2;4H,3H2,1-2H3/b;5-4+. The highest BCUT2D eigenvalue weighted by molar-refractivity contribution is 6.29. The average Bonchev–Trinajstić information content (AvgIpc) is 2.88. The summed E-state index contributed by atoms with van der Waals surface area (Å²) < 4.78 is 2.40. The maximum absolute atomic E-state index is 5.44. The van der Waals surface area contributed by atoms with Crippen LogP contribution < -0.4 is 0 Å². The van der Waals surface area contributed by atoms with Crippen molar-refractivity contribution < 1.29 is 0 Å². The number of aryl methyl sites for hydroxylation is 1. The number of nitrogens with zero attached hydrogens (tertiary/aromatic N) is 3. The van der Waals surface area contributed by atoms with Gasteiger partial charge in [0, 0.05) is 23.4 Å². The van der Waals surface area contributed by atoms with E-state index in [9.17, 15) is 0 Å². The van der Waals surface area contributed by atoms with Gasteiger partial charge >= 0.3 is 0 Å². The molecule has 4 heteroatoms. The molecule has 1 aliphatic carbocycles. The van der Waals surface area contributed by atoms with Crippen molar-refractivity contribution in [3.8, 4) is 0 Å². The first-order valence-corrected chi connectivity index (χ1v) is 9.92. The van der Waals surface area contributed by atoms with Gasteiger partial charge in [0.15, 0.2) is 0 Å². The minimum atomic E-state index is 0.142. The second kappa shape index (κ2) is 9.38. The molecule has 3 nitrogen and oxygen atoms in total. The number of aromatic nitrogens is 3. The molecule has 138 valence electrons. The fraction of sp³-hybridized carbons (Fsp3) is 0.619. The zero-order valence-corrected chi connectivity index (χ0v) is 16.6. The smallest absolute Gasteiger partial charge is 0.140 e. The zero-order valence-electron chi connectivity index (χ0n) is 15.9. The van der Waals surface area contributed by atoms with Crippen molar-refractivity contribution in [3.05, 3.63) is 47.6 Å². The molecule has 2 aliphatic rings. The number of allylic oxidation sites excluding steroid dienone is 4. The summed E-state index contributed by atoms with van der Waals surface area (Å²) in [4.78, 5) is 0. The molecule has 1 aliphatic heterocycles. The van der Waals surface area contributed by atoms with Crippen LogP contribution in [0.25, 0.3) is 0 Å². The molecule has 0 N–H and O–H groups in total. The zero-order chi connectivity index (χ0) is 18.3. The number of halogens is 1. The van der Waals surface area contributed by atoms with Crippen molar-refractivity contribution in [2.75, 3.05) is 0 Å². The van der Waals surface area contributed by atoms with E-state index < -0.39 is 0 Å². The third kappa shape index (κ3) is 5.07. The highest BCUT2D eigenvalue weighted by Gasteiger charge is 2.44. The van der Waals surface area contributed by atoms with Gasteiger partial charge in [0.2, 0.25) is 0 Å². The Morgan fingerprint density at radius 2 is 1.96 bits per heavy atom. The molecule has 25 heavy (non-hydrogen) atoms. The van der Waals surface area contributed by atoms with Crippen molar-refractivity contribution in [2.24, 2.45) is 0 Å². The summed E-state index contributed by atoms with van der Waals surface area (Å²) in [6.45, 7) is 13.1. The average molecular weight is 362 g/mol. The van der Waals surface area contributed by atoms with E-state index in [4.69, 9.17) is 11.6 Å². The van der Waals surface area contributed by atoms with Gasteiger partial charge < -0.3 is 4.57 Å². The predicted octanol–water partition coefficient (Wildman–Crippen LogP) is 6.10. The Balaban J connectivity index is 0.000000326. The maximum Gasteiger partial charge on any atom is 0.140 e. The molecule has 0 unspecified atom stereocenters. The molecule has 0 atom stereocenters. The Morgan fingerprint density at radius 1 is 1.24 bits per heavy atom. The van der Waals surface area contributed by atoms with Gasteiger partial charge in [-0.1, -0.05) is 55.7 Å². The summed E-state index contributed by atoms with van der Waals surface area (Å²) in [5.74, 6) is 2.38. The summed E-state index contributed by atoms with van der Waals surface area (Å²) in [5, 5.41) is 9.90. The lowest BCUT2D eigenvalue weighted by atomic mass is 9.63. The SMILES string of the molecule is C=CCC1(c2nnc3n2CCCCCC3)CC(=C)C1.CC/C=C(\C)Cl. The van der Waals surface area contributed by atoms with Gasteiger partial charge in [-0.3, -0.25) is 0 Å². The molecule has 0 radical (unpaired) electrons. The number of fused-ring (bicyclic) bond motifs is 1. The van der Waals surface area contributed by atoms with E-state index in [1.54, 1.807) is 0 Å². The van der Waals surface area contributed by atoms with Gasteiger partial charge in [0.05, 0.1) is 0 Å². The molecule has 0 amide bonds. The van der Waals surface area contributed by atoms with Crippen molar-refractivity contribution in [1.82, 2.24) is 14.8 Å². The summed E-state index contributed by atoms with van der Waals surface area (Å²) in [7, 11) is 0. The first-order valence-electron chi connectivity index (χ1n) is 9.55. The highest BCUT2D eigenvalue weighted by Crippen LogP contribution is 2.49. The molecule has 1 saturated carbocycles. The topological polar surface area (TPSA) is 30.7 Å². The van der Waals surface area contributed by atoms with Gasteiger partial charge in [0.25, 0.3) is 0 Å². The van der Waals surface area contributed by atoms with Gasteiger partial charge in [-0.05, 0) is 45.4 Å². The molecule has 2 heterocycles. The van der Waals surface area contributed by atoms with Gasteiger partial charge in [-0.15, -0.1) is 16.8 Å². The monoisotopic (exact) mass is 361 g/mol. The molecule has 0 bridgehead atoms. The second-order valence-corrected chi connectivity index (χ2v) is 7.93. The summed E-state index contributed by atoms with van der Waals surface area (Å²) in [5.41, 5.74) is 1.48. The van der Waals surface area contributed by atoms with Crippen LogP contribution in [0.5, 0.6) is 0 Å². The van der Waals surface area contributed by atoms with E-state index in [2.05, 4.69) is 34.8 Å².